The third kappa shape index (κ3) is 0.910. The van der Waals surface area contributed by atoms with Crippen molar-refractivity contribution in [1.82, 2.24) is 9.97 Å². The summed E-state index contributed by atoms with van der Waals surface area (Å²) >= 11 is 0. The molecule has 0 saturated carbocycles. The summed E-state index contributed by atoms with van der Waals surface area (Å²) in [6.45, 7) is 1.56. The Hall–Kier alpha value is -1.32. The molecule has 0 radical (unpaired) electrons. The molecule has 0 aliphatic rings. The van der Waals surface area contributed by atoms with Crippen molar-refractivity contribution < 1.29 is 5.11 Å². The minimum Gasteiger partial charge on any atom is -0.502 e. The number of aromatic hydroxyl groups is 1. The van der Waals surface area contributed by atoms with E-state index in [0.717, 1.165) is 0 Å². The topological polar surface area (TPSA) is 66.0 Å². The SMILES string of the molecule is Cc1nc[nH]c(=O)c1O. The maximum atomic E-state index is 10.5. The normalized spacial score (nSPS) is 9.44. The van der Waals surface area contributed by atoms with Crippen molar-refractivity contribution >= 4 is 0 Å². The van der Waals surface area contributed by atoms with Crippen molar-refractivity contribution in [3.05, 3.63) is 22.4 Å². The lowest BCUT2D eigenvalue weighted by Gasteiger charge is -1.90. The van der Waals surface area contributed by atoms with Gasteiger partial charge in [-0.15, -0.1) is 0 Å². The van der Waals surface area contributed by atoms with Gasteiger partial charge in [0.15, 0.2) is 0 Å². The number of hydrogen-bond donors (Lipinski definition) is 2. The number of rotatable bonds is 0. The van der Waals surface area contributed by atoms with E-state index in [2.05, 4.69) is 9.97 Å². The predicted molar refractivity (Wildman–Crippen MR) is 31.3 cm³/mol. The molecule has 48 valence electrons. The molecule has 0 spiro atoms. The van der Waals surface area contributed by atoms with Crippen LogP contribution in [0.15, 0.2) is 11.1 Å². The number of nitrogens with one attached hydrogen (secondary N) is 1. The predicted octanol–water partition coefficient (Wildman–Crippen LogP) is -0.216. The standard InChI is InChI=1S/C5H6N2O2/c1-3-4(8)5(9)7-2-6-3/h2,8H,1H3,(H,6,7,9). The van der Waals surface area contributed by atoms with Crippen LogP contribution in [-0.4, -0.2) is 15.1 Å². The molecule has 2 N–H and O–H groups in total. The van der Waals surface area contributed by atoms with Gasteiger partial charge in [-0.2, -0.15) is 0 Å². The first-order valence-corrected chi connectivity index (χ1v) is 2.45. The average Bonchev–Trinajstić information content (AvgIpc) is 1.83. The third-order valence-electron chi connectivity index (χ3n) is 1.01. The number of hydrogen-bond acceptors (Lipinski definition) is 3. The van der Waals surface area contributed by atoms with Crippen molar-refractivity contribution in [2.75, 3.05) is 0 Å². The maximum absolute atomic E-state index is 10.5. The Morgan fingerprint density at radius 3 is 2.89 bits per heavy atom. The Labute approximate surface area is 51.2 Å². The molecule has 0 fully saturated rings. The summed E-state index contributed by atoms with van der Waals surface area (Å²) in [4.78, 5) is 16.4. The second kappa shape index (κ2) is 1.89. The Morgan fingerprint density at radius 2 is 2.44 bits per heavy atom. The molecule has 0 aliphatic carbocycles. The zero-order valence-electron chi connectivity index (χ0n) is 4.88. The Kier molecular flexibility index (Phi) is 1.22. The number of aromatic amines is 1. The highest BCUT2D eigenvalue weighted by molar-refractivity contribution is 5.19. The van der Waals surface area contributed by atoms with Gasteiger partial charge in [-0.1, -0.05) is 0 Å². The molecule has 1 aromatic heterocycles. The Bertz CT molecular complexity index is 266. The van der Waals surface area contributed by atoms with Gasteiger partial charge in [0.2, 0.25) is 5.75 Å². The van der Waals surface area contributed by atoms with Crippen molar-refractivity contribution in [2.45, 2.75) is 6.92 Å². The monoisotopic (exact) mass is 126 g/mol. The van der Waals surface area contributed by atoms with Gasteiger partial charge < -0.3 is 10.1 Å². The lowest BCUT2D eigenvalue weighted by Crippen LogP contribution is -2.06. The van der Waals surface area contributed by atoms with Gasteiger partial charge >= 0.3 is 0 Å². The lowest BCUT2D eigenvalue weighted by atomic mass is 10.4. The van der Waals surface area contributed by atoms with E-state index in [0.29, 0.717) is 5.69 Å². The molecule has 0 aromatic carbocycles. The van der Waals surface area contributed by atoms with E-state index in [1.54, 1.807) is 6.92 Å². The number of H-pyrrole nitrogens is 1. The summed E-state index contributed by atoms with van der Waals surface area (Å²) in [6, 6.07) is 0. The van der Waals surface area contributed by atoms with Crippen LogP contribution in [0.3, 0.4) is 0 Å². The van der Waals surface area contributed by atoms with E-state index in [4.69, 9.17) is 5.11 Å². The molecule has 1 aromatic rings. The van der Waals surface area contributed by atoms with Crippen molar-refractivity contribution in [1.29, 1.82) is 0 Å². The molecule has 1 heterocycles. The average molecular weight is 126 g/mol. The molecule has 4 nitrogen and oxygen atoms in total. The number of aromatic nitrogens is 2. The van der Waals surface area contributed by atoms with E-state index in [1.807, 2.05) is 0 Å². The summed E-state index contributed by atoms with van der Waals surface area (Å²) < 4.78 is 0. The highest BCUT2D eigenvalue weighted by atomic mass is 16.3. The van der Waals surface area contributed by atoms with Crippen LogP contribution in [0.5, 0.6) is 5.75 Å². The molecule has 1 rings (SSSR count). The second-order valence-corrected chi connectivity index (χ2v) is 1.67. The van der Waals surface area contributed by atoms with E-state index in [-0.39, 0.29) is 5.75 Å². The summed E-state index contributed by atoms with van der Waals surface area (Å²) in [7, 11) is 0. The first-order valence-electron chi connectivity index (χ1n) is 2.45. The van der Waals surface area contributed by atoms with Crippen LogP contribution in [0.25, 0.3) is 0 Å². The summed E-state index contributed by atoms with van der Waals surface area (Å²) in [6.07, 6.45) is 1.25. The summed E-state index contributed by atoms with van der Waals surface area (Å²) in [5, 5.41) is 8.80. The summed E-state index contributed by atoms with van der Waals surface area (Å²) in [5.74, 6) is -0.308. The quantitative estimate of drug-likeness (QED) is 0.505. The van der Waals surface area contributed by atoms with Gasteiger partial charge in [0.1, 0.15) is 0 Å². The lowest BCUT2D eigenvalue weighted by molar-refractivity contribution is 0.458. The van der Waals surface area contributed by atoms with Crippen molar-refractivity contribution in [3.8, 4) is 5.75 Å². The number of aryl methyl sites for hydroxylation is 1. The van der Waals surface area contributed by atoms with Gasteiger partial charge in [-0.05, 0) is 6.92 Å². The fraction of sp³-hybridized carbons (Fsp3) is 0.200. The molecule has 0 atom stereocenters. The zero-order chi connectivity index (χ0) is 6.85. The molecule has 0 amide bonds. The van der Waals surface area contributed by atoms with Crippen LogP contribution in [0.1, 0.15) is 5.69 Å². The molecule has 0 bridgehead atoms. The highest BCUT2D eigenvalue weighted by Gasteiger charge is 1.97. The van der Waals surface area contributed by atoms with E-state index in [1.165, 1.54) is 6.33 Å². The van der Waals surface area contributed by atoms with Crippen LogP contribution >= 0.6 is 0 Å². The first kappa shape index (κ1) is 5.81. The molecule has 0 aliphatic heterocycles. The largest absolute Gasteiger partial charge is 0.502 e. The first-order chi connectivity index (χ1) is 4.22. The van der Waals surface area contributed by atoms with Crippen molar-refractivity contribution in [3.63, 3.8) is 0 Å². The number of nitrogens with zero attached hydrogens (tertiary/aromatic N) is 1. The maximum Gasteiger partial charge on any atom is 0.293 e. The molecule has 0 unspecified atom stereocenters. The molecular weight excluding hydrogens is 120 g/mol. The van der Waals surface area contributed by atoms with Crippen LogP contribution < -0.4 is 5.56 Å². The minimum atomic E-state index is -0.498. The van der Waals surface area contributed by atoms with Crippen LogP contribution in [-0.2, 0) is 0 Å². The second-order valence-electron chi connectivity index (χ2n) is 1.67. The summed E-state index contributed by atoms with van der Waals surface area (Å²) in [5.41, 5.74) is -0.152. The van der Waals surface area contributed by atoms with Gasteiger partial charge in [0.25, 0.3) is 5.56 Å². The van der Waals surface area contributed by atoms with Crippen LogP contribution in [0.2, 0.25) is 0 Å². The van der Waals surface area contributed by atoms with Gasteiger partial charge in [0, 0.05) is 0 Å². The van der Waals surface area contributed by atoms with Gasteiger partial charge in [-0.25, -0.2) is 4.98 Å². The minimum absolute atomic E-state index is 0.308. The van der Waals surface area contributed by atoms with E-state index in [9.17, 15) is 4.79 Å². The van der Waals surface area contributed by atoms with Crippen LogP contribution in [0, 0.1) is 6.92 Å². The van der Waals surface area contributed by atoms with Gasteiger partial charge in [-0.3, -0.25) is 4.79 Å². The fourth-order valence-electron chi connectivity index (χ4n) is 0.482. The van der Waals surface area contributed by atoms with Gasteiger partial charge in [0.05, 0.1) is 12.0 Å². The van der Waals surface area contributed by atoms with E-state index >= 15 is 0 Å². The Morgan fingerprint density at radius 1 is 1.78 bits per heavy atom. The van der Waals surface area contributed by atoms with E-state index < -0.39 is 5.56 Å². The zero-order valence-corrected chi connectivity index (χ0v) is 4.88. The molecule has 9 heavy (non-hydrogen) atoms. The smallest absolute Gasteiger partial charge is 0.293 e. The Balaban J connectivity index is 3.43. The van der Waals surface area contributed by atoms with Crippen molar-refractivity contribution in [2.24, 2.45) is 0 Å². The molecular formula is C5H6N2O2. The van der Waals surface area contributed by atoms with Crippen LogP contribution in [0.4, 0.5) is 0 Å². The third-order valence-corrected chi connectivity index (χ3v) is 1.01. The molecule has 0 saturated heterocycles. The highest BCUT2D eigenvalue weighted by Crippen LogP contribution is 2.00. The fourth-order valence-corrected chi connectivity index (χ4v) is 0.482. The molecule has 4 heteroatoms.